The van der Waals surface area contributed by atoms with Crippen molar-refractivity contribution in [3.05, 3.63) is 51.5 Å². The van der Waals surface area contributed by atoms with Gasteiger partial charge in [0.1, 0.15) is 10.9 Å². The van der Waals surface area contributed by atoms with Gasteiger partial charge in [0.05, 0.1) is 22.7 Å². The van der Waals surface area contributed by atoms with Gasteiger partial charge in [-0.2, -0.15) is 0 Å². The lowest BCUT2D eigenvalue weighted by Gasteiger charge is -2.17. The summed E-state index contributed by atoms with van der Waals surface area (Å²) in [6.45, 7) is 9.97. The summed E-state index contributed by atoms with van der Waals surface area (Å²) in [5.41, 5.74) is 1.62. The van der Waals surface area contributed by atoms with E-state index in [-0.39, 0.29) is 11.7 Å². The number of nitrogens with one attached hydrogen (secondary N) is 1. The fourth-order valence-electron chi connectivity index (χ4n) is 2.69. The molecule has 0 aliphatic rings. The van der Waals surface area contributed by atoms with E-state index < -0.39 is 5.41 Å². The van der Waals surface area contributed by atoms with Crippen molar-refractivity contribution in [2.24, 2.45) is 5.41 Å². The fraction of sp³-hybridized carbons (Fsp3) is 0.364. The van der Waals surface area contributed by atoms with Crippen LogP contribution in [0, 0.1) is 19.3 Å². The molecular weight excluding hydrogens is 402 g/mol. The van der Waals surface area contributed by atoms with Crippen molar-refractivity contribution in [3.8, 4) is 0 Å². The second kappa shape index (κ2) is 8.63. The minimum atomic E-state index is -0.427. The molecule has 3 rings (SSSR count). The van der Waals surface area contributed by atoms with Crippen LogP contribution in [0.3, 0.4) is 0 Å². The molecule has 5 nitrogen and oxygen atoms in total. The summed E-state index contributed by atoms with van der Waals surface area (Å²) in [7, 11) is 0. The summed E-state index contributed by atoms with van der Waals surface area (Å²) in [5.74, 6) is 1.07. The topological polar surface area (TPSA) is 72.0 Å². The van der Waals surface area contributed by atoms with Crippen LogP contribution in [0.15, 0.2) is 35.4 Å². The quantitative estimate of drug-likeness (QED) is 0.342. The molecule has 2 heterocycles. The van der Waals surface area contributed by atoms with Gasteiger partial charge in [-0.25, -0.2) is 9.97 Å². The van der Waals surface area contributed by atoms with Crippen molar-refractivity contribution >= 4 is 45.7 Å². The molecule has 0 fully saturated rings. The number of rotatable bonds is 6. The largest absolute Gasteiger partial charge is 0.351 e. The predicted octanol–water partition coefficient (Wildman–Crippen LogP) is 4.95. The van der Waals surface area contributed by atoms with Crippen LogP contribution >= 0.6 is 23.1 Å². The summed E-state index contributed by atoms with van der Waals surface area (Å²) >= 11 is 2.87. The second-order valence-electron chi connectivity index (χ2n) is 8.01. The van der Waals surface area contributed by atoms with Crippen molar-refractivity contribution in [2.45, 2.75) is 46.2 Å². The van der Waals surface area contributed by atoms with E-state index in [9.17, 15) is 9.59 Å². The molecule has 152 valence electrons. The molecule has 0 atom stereocenters. The summed E-state index contributed by atoms with van der Waals surface area (Å²) in [6, 6.07) is 9.81. The first-order chi connectivity index (χ1) is 13.6. The lowest BCUT2D eigenvalue weighted by Crippen LogP contribution is -2.34. The molecule has 1 N–H and O–H groups in total. The van der Waals surface area contributed by atoms with Gasteiger partial charge in [-0.3, -0.25) is 9.59 Å². The third-order valence-electron chi connectivity index (χ3n) is 4.31. The SMILES string of the molecule is Cc1ccc2c(SCC(=O)c3ccc(CNC(=O)C(C)(C)C)s3)nc(C)nc2c1. The summed E-state index contributed by atoms with van der Waals surface area (Å²) in [4.78, 5) is 35.4. The number of carbonyl (C=O) groups is 2. The van der Waals surface area contributed by atoms with Gasteiger partial charge in [0.25, 0.3) is 0 Å². The van der Waals surface area contributed by atoms with E-state index in [2.05, 4.69) is 15.3 Å². The van der Waals surface area contributed by atoms with Crippen molar-refractivity contribution < 1.29 is 9.59 Å². The Morgan fingerprint density at radius 3 is 2.59 bits per heavy atom. The number of thiophene rings is 1. The number of carbonyl (C=O) groups excluding carboxylic acids is 2. The van der Waals surface area contributed by atoms with Crippen LogP contribution < -0.4 is 5.32 Å². The van der Waals surface area contributed by atoms with Crippen molar-refractivity contribution in [3.63, 3.8) is 0 Å². The number of ketones is 1. The van der Waals surface area contributed by atoms with Crippen LogP contribution in [0.5, 0.6) is 0 Å². The Hall–Kier alpha value is -2.25. The van der Waals surface area contributed by atoms with E-state index in [1.807, 2.05) is 65.0 Å². The Balaban J connectivity index is 1.65. The van der Waals surface area contributed by atoms with Gasteiger partial charge in [-0.05, 0) is 43.7 Å². The van der Waals surface area contributed by atoms with Gasteiger partial charge in [-0.15, -0.1) is 11.3 Å². The lowest BCUT2D eigenvalue weighted by atomic mass is 9.96. The number of hydrogen-bond acceptors (Lipinski definition) is 6. The number of fused-ring (bicyclic) bond motifs is 1. The zero-order valence-corrected chi connectivity index (χ0v) is 19.0. The van der Waals surface area contributed by atoms with Crippen molar-refractivity contribution in [1.29, 1.82) is 0 Å². The number of nitrogens with zero attached hydrogens (tertiary/aromatic N) is 2. The lowest BCUT2D eigenvalue weighted by molar-refractivity contribution is -0.128. The summed E-state index contributed by atoms with van der Waals surface area (Å²) in [5, 5.41) is 4.71. The smallest absolute Gasteiger partial charge is 0.225 e. The Kier molecular flexibility index (Phi) is 6.39. The first-order valence-corrected chi connectivity index (χ1v) is 11.2. The van der Waals surface area contributed by atoms with Crippen LogP contribution in [-0.2, 0) is 11.3 Å². The molecule has 1 amide bonds. The molecule has 0 unspecified atom stereocenters. The molecule has 7 heteroatoms. The molecular formula is C22H25N3O2S2. The zero-order chi connectivity index (χ0) is 21.2. The highest BCUT2D eigenvalue weighted by molar-refractivity contribution is 8.00. The summed E-state index contributed by atoms with van der Waals surface area (Å²) in [6.07, 6.45) is 0. The number of benzene rings is 1. The standard InChI is InChI=1S/C22H25N3O2S2/c1-13-6-8-16-17(10-13)24-14(2)25-20(16)28-12-18(26)19-9-7-15(29-19)11-23-21(27)22(3,4)5/h6-10H,11-12H2,1-5H3,(H,23,27). The molecule has 0 bridgehead atoms. The first-order valence-electron chi connectivity index (χ1n) is 9.41. The highest BCUT2D eigenvalue weighted by Crippen LogP contribution is 2.28. The molecule has 0 radical (unpaired) electrons. The van der Waals surface area contributed by atoms with Crippen LogP contribution in [0.25, 0.3) is 10.9 Å². The molecule has 29 heavy (non-hydrogen) atoms. The zero-order valence-electron chi connectivity index (χ0n) is 17.3. The van der Waals surface area contributed by atoms with Gasteiger partial charge in [0, 0.05) is 15.7 Å². The van der Waals surface area contributed by atoms with Gasteiger partial charge >= 0.3 is 0 Å². The molecule has 3 aromatic rings. The minimum Gasteiger partial charge on any atom is -0.351 e. The fourth-order valence-corrected chi connectivity index (χ4v) is 4.62. The highest BCUT2D eigenvalue weighted by atomic mass is 32.2. The molecule has 0 saturated carbocycles. The Morgan fingerprint density at radius 1 is 1.10 bits per heavy atom. The van der Waals surface area contributed by atoms with Crippen LogP contribution in [-0.4, -0.2) is 27.4 Å². The average molecular weight is 428 g/mol. The monoisotopic (exact) mass is 427 g/mol. The minimum absolute atomic E-state index is 0.00409. The van der Waals surface area contributed by atoms with E-state index in [4.69, 9.17) is 0 Å². The second-order valence-corrected chi connectivity index (χ2v) is 10.1. The maximum atomic E-state index is 12.7. The number of aromatic nitrogens is 2. The van der Waals surface area contributed by atoms with Gasteiger partial charge in [0.15, 0.2) is 5.78 Å². The molecule has 0 aliphatic heterocycles. The van der Waals surface area contributed by atoms with E-state index in [0.29, 0.717) is 23.0 Å². The molecule has 1 aromatic carbocycles. The molecule has 0 aliphatic carbocycles. The van der Waals surface area contributed by atoms with Crippen LogP contribution in [0.2, 0.25) is 0 Å². The van der Waals surface area contributed by atoms with Gasteiger partial charge in [-0.1, -0.05) is 38.6 Å². The molecule has 0 spiro atoms. The van der Waals surface area contributed by atoms with E-state index in [1.54, 1.807) is 0 Å². The molecule has 2 aromatic heterocycles. The molecule has 0 saturated heterocycles. The first kappa shape index (κ1) is 21.5. The Bertz CT molecular complexity index is 1060. The number of thioether (sulfide) groups is 1. The van der Waals surface area contributed by atoms with E-state index in [0.717, 1.165) is 26.4 Å². The third kappa shape index (κ3) is 5.42. The van der Waals surface area contributed by atoms with E-state index in [1.165, 1.54) is 23.1 Å². The van der Waals surface area contributed by atoms with Crippen LogP contribution in [0.1, 0.15) is 46.7 Å². The van der Waals surface area contributed by atoms with Gasteiger partial charge < -0.3 is 5.32 Å². The number of amides is 1. The van der Waals surface area contributed by atoms with Crippen molar-refractivity contribution in [2.75, 3.05) is 5.75 Å². The number of Topliss-reactive ketones (excluding diaryl/α,β-unsaturated/α-hetero) is 1. The average Bonchev–Trinajstić information content (AvgIpc) is 3.11. The highest BCUT2D eigenvalue weighted by Gasteiger charge is 2.21. The number of aryl methyl sites for hydroxylation is 2. The summed E-state index contributed by atoms with van der Waals surface area (Å²) < 4.78 is 0. The third-order valence-corrected chi connectivity index (χ3v) is 6.43. The number of hydrogen-bond donors (Lipinski definition) is 1. The van der Waals surface area contributed by atoms with Crippen molar-refractivity contribution in [1.82, 2.24) is 15.3 Å². The Labute approximate surface area is 179 Å². The maximum absolute atomic E-state index is 12.7. The maximum Gasteiger partial charge on any atom is 0.225 e. The normalized spacial score (nSPS) is 11.6. The Morgan fingerprint density at radius 2 is 1.86 bits per heavy atom. The van der Waals surface area contributed by atoms with Gasteiger partial charge in [0.2, 0.25) is 5.91 Å². The van der Waals surface area contributed by atoms with Crippen LogP contribution in [0.4, 0.5) is 0 Å². The van der Waals surface area contributed by atoms with E-state index >= 15 is 0 Å². The predicted molar refractivity (Wildman–Crippen MR) is 120 cm³/mol.